The minimum absolute atomic E-state index is 0.412. The van der Waals surface area contributed by atoms with E-state index in [1.807, 2.05) is 12.1 Å². The standard InChI is InChI=1S/C15H20N4OS/c1-12-5-4-6-13(11-12)19-15(16-17-18-19)21-10-8-14-7-2-3-9-20-14/h4-6,11,14H,2-3,7-10H2,1H3. The van der Waals surface area contributed by atoms with E-state index in [1.54, 1.807) is 16.4 Å². The molecule has 1 aliphatic heterocycles. The third-order valence-corrected chi connectivity index (χ3v) is 4.58. The zero-order valence-electron chi connectivity index (χ0n) is 12.2. The van der Waals surface area contributed by atoms with Crippen molar-refractivity contribution in [3.05, 3.63) is 29.8 Å². The Labute approximate surface area is 129 Å². The molecule has 1 aliphatic rings. The molecule has 0 radical (unpaired) electrons. The predicted octanol–water partition coefficient (Wildman–Crippen LogP) is 3.02. The Morgan fingerprint density at radius 1 is 1.38 bits per heavy atom. The molecule has 2 heterocycles. The monoisotopic (exact) mass is 304 g/mol. The number of hydrogen-bond donors (Lipinski definition) is 0. The Hall–Kier alpha value is -1.40. The van der Waals surface area contributed by atoms with E-state index < -0.39 is 0 Å². The summed E-state index contributed by atoms with van der Waals surface area (Å²) >= 11 is 1.69. The Bertz CT molecular complexity index is 581. The van der Waals surface area contributed by atoms with E-state index >= 15 is 0 Å². The van der Waals surface area contributed by atoms with Crippen molar-refractivity contribution in [1.29, 1.82) is 0 Å². The molecule has 6 heteroatoms. The Balaban J connectivity index is 1.60. The number of thioether (sulfide) groups is 1. The van der Waals surface area contributed by atoms with Crippen molar-refractivity contribution in [2.45, 2.75) is 43.9 Å². The highest BCUT2D eigenvalue weighted by molar-refractivity contribution is 7.99. The molecule has 0 amide bonds. The van der Waals surface area contributed by atoms with E-state index in [2.05, 4.69) is 34.6 Å². The molecule has 1 atom stereocenters. The summed E-state index contributed by atoms with van der Waals surface area (Å²) < 4.78 is 7.56. The van der Waals surface area contributed by atoms with Gasteiger partial charge in [-0.1, -0.05) is 23.9 Å². The van der Waals surface area contributed by atoms with Gasteiger partial charge < -0.3 is 4.74 Å². The summed E-state index contributed by atoms with van der Waals surface area (Å²) in [4.78, 5) is 0. The summed E-state index contributed by atoms with van der Waals surface area (Å²) in [5, 5.41) is 12.9. The van der Waals surface area contributed by atoms with Crippen molar-refractivity contribution in [3.8, 4) is 5.69 Å². The molecule has 0 bridgehead atoms. The quantitative estimate of drug-likeness (QED) is 0.795. The van der Waals surface area contributed by atoms with Gasteiger partial charge in [-0.05, 0) is 60.7 Å². The van der Waals surface area contributed by atoms with Crippen LogP contribution in [0, 0.1) is 6.92 Å². The maximum absolute atomic E-state index is 5.76. The number of tetrazole rings is 1. The average Bonchev–Trinajstić information content (AvgIpc) is 2.97. The van der Waals surface area contributed by atoms with Gasteiger partial charge in [-0.2, -0.15) is 4.68 Å². The van der Waals surface area contributed by atoms with Crippen molar-refractivity contribution in [2.24, 2.45) is 0 Å². The summed E-state index contributed by atoms with van der Waals surface area (Å²) in [6.07, 6.45) is 5.15. The summed E-state index contributed by atoms with van der Waals surface area (Å²) in [5.74, 6) is 0.983. The molecule has 0 aliphatic carbocycles. The molecule has 3 rings (SSSR count). The first-order valence-corrected chi connectivity index (χ1v) is 8.41. The van der Waals surface area contributed by atoms with Gasteiger partial charge in [0.2, 0.25) is 5.16 Å². The lowest BCUT2D eigenvalue weighted by Gasteiger charge is -2.22. The molecule has 1 unspecified atom stereocenters. The van der Waals surface area contributed by atoms with Crippen LogP contribution in [0.25, 0.3) is 5.69 Å². The maximum atomic E-state index is 5.76. The van der Waals surface area contributed by atoms with Crippen molar-refractivity contribution in [1.82, 2.24) is 20.2 Å². The highest BCUT2D eigenvalue weighted by Crippen LogP contribution is 2.23. The molecule has 1 fully saturated rings. The van der Waals surface area contributed by atoms with Crippen molar-refractivity contribution >= 4 is 11.8 Å². The molecule has 5 nitrogen and oxygen atoms in total. The van der Waals surface area contributed by atoms with Gasteiger partial charge in [-0.3, -0.25) is 0 Å². The van der Waals surface area contributed by atoms with E-state index in [1.165, 1.54) is 24.8 Å². The van der Waals surface area contributed by atoms with Crippen LogP contribution < -0.4 is 0 Å². The van der Waals surface area contributed by atoms with E-state index in [4.69, 9.17) is 4.74 Å². The fourth-order valence-electron chi connectivity index (χ4n) is 2.51. The number of rotatable bonds is 5. The lowest BCUT2D eigenvalue weighted by molar-refractivity contribution is 0.0150. The number of benzene rings is 1. The van der Waals surface area contributed by atoms with Crippen molar-refractivity contribution in [2.75, 3.05) is 12.4 Å². The minimum Gasteiger partial charge on any atom is -0.378 e. The van der Waals surface area contributed by atoms with E-state index in [9.17, 15) is 0 Å². The maximum Gasteiger partial charge on any atom is 0.214 e. The highest BCUT2D eigenvalue weighted by Gasteiger charge is 2.15. The SMILES string of the molecule is Cc1cccc(-n2nnnc2SCCC2CCCCO2)c1. The third kappa shape index (κ3) is 3.83. The van der Waals surface area contributed by atoms with Gasteiger partial charge in [0.1, 0.15) is 0 Å². The first kappa shape index (κ1) is 14.5. The van der Waals surface area contributed by atoms with E-state index in [-0.39, 0.29) is 0 Å². The van der Waals surface area contributed by atoms with Crippen LogP contribution in [0.5, 0.6) is 0 Å². The van der Waals surface area contributed by atoms with Crippen LogP contribution in [0.1, 0.15) is 31.2 Å². The number of hydrogen-bond acceptors (Lipinski definition) is 5. The third-order valence-electron chi connectivity index (χ3n) is 3.63. The topological polar surface area (TPSA) is 52.8 Å². The fraction of sp³-hybridized carbons (Fsp3) is 0.533. The molecule has 2 aromatic rings. The summed E-state index contributed by atoms with van der Waals surface area (Å²) in [7, 11) is 0. The Morgan fingerprint density at radius 2 is 2.33 bits per heavy atom. The number of aromatic nitrogens is 4. The number of aryl methyl sites for hydroxylation is 1. The van der Waals surface area contributed by atoms with Crippen molar-refractivity contribution in [3.63, 3.8) is 0 Å². The predicted molar refractivity (Wildman–Crippen MR) is 82.8 cm³/mol. The van der Waals surface area contributed by atoms with E-state index in [0.29, 0.717) is 6.10 Å². The van der Waals surface area contributed by atoms with Crippen LogP contribution in [0.4, 0.5) is 0 Å². The minimum atomic E-state index is 0.412. The van der Waals surface area contributed by atoms with Gasteiger partial charge in [0.15, 0.2) is 0 Å². The first-order chi connectivity index (χ1) is 10.3. The lowest BCUT2D eigenvalue weighted by atomic mass is 10.1. The summed E-state index contributed by atoms with van der Waals surface area (Å²) in [6.45, 7) is 2.98. The second-order valence-corrected chi connectivity index (χ2v) is 6.40. The van der Waals surface area contributed by atoms with E-state index in [0.717, 1.165) is 29.6 Å². The highest BCUT2D eigenvalue weighted by atomic mass is 32.2. The van der Waals surface area contributed by atoms with Gasteiger partial charge in [-0.25, -0.2) is 0 Å². The number of ether oxygens (including phenoxy) is 1. The second kappa shape index (κ2) is 7.04. The first-order valence-electron chi connectivity index (χ1n) is 7.43. The Morgan fingerprint density at radius 3 is 3.14 bits per heavy atom. The van der Waals surface area contributed by atoms with Gasteiger partial charge in [0, 0.05) is 12.4 Å². The smallest absolute Gasteiger partial charge is 0.214 e. The largest absolute Gasteiger partial charge is 0.378 e. The Kier molecular flexibility index (Phi) is 4.87. The zero-order chi connectivity index (χ0) is 14.5. The van der Waals surface area contributed by atoms with Crippen LogP contribution in [-0.4, -0.2) is 38.7 Å². The normalized spacial score (nSPS) is 18.8. The average molecular weight is 304 g/mol. The summed E-state index contributed by atoms with van der Waals surface area (Å²) in [6, 6.07) is 8.21. The molecular formula is C15H20N4OS. The lowest BCUT2D eigenvalue weighted by Crippen LogP contribution is -2.19. The van der Waals surface area contributed by atoms with Gasteiger partial charge in [0.25, 0.3) is 0 Å². The number of nitrogens with zero attached hydrogens (tertiary/aromatic N) is 4. The molecule has 1 saturated heterocycles. The van der Waals surface area contributed by atoms with Crippen LogP contribution >= 0.6 is 11.8 Å². The molecule has 1 aromatic heterocycles. The summed E-state index contributed by atoms with van der Waals surface area (Å²) in [5.41, 5.74) is 2.21. The molecular weight excluding hydrogens is 284 g/mol. The van der Waals surface area contributed by atoms with Crippen LogP contribution in [0.3, 0.4) is 0 Å². The second-order valence-electron chi connectivity index (χ2n) is 5.34. The molecule has 0 saturated carbocycles. The molecule has 1 aromatic carbocycles. The van der Waals surface area contributed by atoms with Crippen LogP contribution in [-0.2, 0) is 4.74 Å². The van der Waals surface area contributed by atoms with Crippen LogP contribution in [0.2, 0.25) is 0 Å². The van der Waals surface area contributed by atoms with Gasteiger partial charge >= 0.3 is 0 Å². The molecule has 0 N–H and O–H groups in total. The zero-order valence-corrected chi connectivity index (χ0v) is 13.1. The van der Waals surface area contributed by atoms with Crippen LogP contribution in [0.15, 0.2) is 29.4 Å². The van der Waals surface area contributed by atoms with Gasteiger partial charge in [0.05, 0.1) is 11.8 Å². The fourth-order valence-corrected chi connectivity index (χ4v) is 3.43. The molecule has 112 valence electrons. The molecule has 21 heavy (non-hydrogen) atoms. The van der Waals surface area contributed by atoms with Gasteiger partial charge in [-0.15, -0.1) is 5.10 Å². The molecule has 0 spiro atoms. The van der Waals surface area contributed by atoms with Crippen molar-refractivity contribution < 1.29 is 4.74 Å².